The summed E-state index contributed by atoms with van der Waals surface area (Å²) >= 11 is 3.22. The molecular formula is C15H14BrFN2O. The van der Waals surface area contributed by atoms with Crippen molar-refractivity contribution in [2.75, 3.05) is 11.9 Å². The van der Waals surface area contributed by atoms with Crippen LogP contribution in [0.25, 0.3) is 0 Å². The van der Waals surface area contributed by atoms with Gasteiger partial charge >= 0.3 is 0 Å². The summed E-state index contributed by atoms with van der Waals surface area (Å²) in [5.74, 6) is -0.830. The first-order chi connectivity index (χ1) is 9.63. The number of carbonyl (C=O) groups excluding carboxylic acids is 1. The zero-order chi connectivity index (χ0) is 14.5. The van der Waals surface area contributed by atoms with Crippen LogP contribution in [0, 0.1) is 5.82 Å². The fourth-order valence-electron chi connectivity index (χ4n) is 1.91. The molecule has 0 atom stereocenters. The van der Waals surface area contributed by atoms with Gasteiger partial charge in [-0.1, -0.05) is 24.3 Å². The van der Waals surface area contributed by atoms with E-state index in [9.17, 15) is 9.18 Å². The molecule has 0 aromatic heterocycles. The third-order valence-electron chi connectivity index (χ3n) is 2.88. The van der Waals surface area contributed by atoms with Crippen LogP contribution in [0.3, 0.4) is 0 Å². The average molecular weight is 337 g/mol. The standard InChI is InChI=1S/C15H14BrFN2O/c16-12-6-3-7-13(17)14(12)19-15(20)11-5-2-1-4-10(11)8-9-18/h1-7H,8-9,18H2,(H,19,20). The monoisotopic (exact) mass is 336 g/mol. The molecule has 0 aliphatic rings. The van der Waals surface area contributed by atoms with E-state index in [1.54, 1.807) is 24.3 Å². The van der Waals surface area contributed by atoms with Crippen LogP contribution < -0.4 is 11.1 Å². The molecule has 2 aromatic carbocycles. The van der Waals surface area contributed by atoms with Gasteiger partial charge in [0, 0.05) is 10.0 Å². The van der Waals surface area contributed by atoms with E-state index in [2.05, 4.69) is 21.2 Å². The van der Waals surface area contributed by atoms with Gasteiger partial charge in [0.25, 0.3) is 5.91 Å². The number of nitrogens with two attached hydrogens (primary N) is 1. The maximum absolute atomic E-state index is 13.7. The third-order valence-corrected chi connectivity index (χ3v) is 3.54. The number of para-hydroxylation sites is 1. The van der Waals surface area contributed by atoms with Crippen LogP contribution in [0.5, 0.6) is 0 Å². The van der Waals surface area contributed by atoms with Crippen molar-refractivity contribution in [1.29, 1.82) is 0 Å². The second-order valence-electron chi connectivity index (χ2n) is 4.25. The molecule has 0 heterocycles. The van der Waals surface area contributed by atoms with E-state index in [1.807, 2.05) is 12.1 Å². The minimum absolute atomic E-state index is 0.139. The van der Waals surface area contributed by atoms with Gasteiger partial charge in [-0.15, -0.1) is 0 Å². The molecule has 0 unspecified atom stereocenters. The molecule has 5 heteroatoms. The topological polar surface area (TPSA) is 55.1 Å². The van der Waals surface area contributed by atoms with Gasteiger partial charge in [0.1, 0.15) is 5.82 Å². The van der Waals surface area contributed by atoms with Crippen molar-refractivity contribution in [1.82, 2.24) is 0 Å². The van der Waals surface area contributed by atoms with Gasteiger partial charge in [-0.2, -0.15) is 0 Å². The molecule has 0 radical (unpaired) electrons. The maximum atomic E-state index is 13.7. The Balaban J connectivity index is 2.29. The van der Waals surface area contributed by atoms with Crippen molar-refractivity contribution >= 4 is 27.5 Å². The van der Waals surface area contributed by atoms with Gasteiger partial charge in [-0.05, 0) is 52.7 Å². The van der Waals surface area contributed by atoms with Gasteiger partial charge in [0.2, 0.25) is 0 Å². The van der Waals surface area contributed by atoms with Crippen LogP contribution in [0.2, 0.25) is 0 Å². The van der Waals surface area contributed by atoms with Gasteiger partial charge < -0.3 is 11.1 Å². The van der Waals surface area contributed by atoms with E-state index in [1.165, 1.54) is 6.07 Å². The fraction of sp³-hybridized carbons (Fsp3) is 0.133. The van der Waals surface area contributed by atoms with Gasteiger partial charge in [-0.3, -0.25) is 4.79 Å². The third kappa shape index (κ3) is 3.23. The fourth-order valence-corrected chi connectivity index (χ4v) is 2.35. The van der Waals surface area contributed by atoms with Gasteiger partial charge in [0.05, 0.1) is 5.69 Å². The first-order valence-corrected chi connectivity index (χ1v) is 6.96. The van der Waals surface area contributed by atoms with Crippen molar-refractivity contribution in [3.8, 4) is 0 Å². The molecule has 3 N–H and O–H groups in total. The molecule has 20 heavy (non-hydrogen) atoms. The van der Waals surface area contributed by atoms with E-state index in [4.69, 9.17) is 5.73 Å². The molecule has 3 nitrogen and oxygen atoms in total. The largest absolute Gasteiger partial charge is 0.330 e. The van der Waals surface area contributed by atoms with Crippen LogP contribution >= 0.6 is 15.9 Å². The number of rotatable bonds is 4. The number of anilines is 1. The molecular weight excluding hydrogens is 323 g/mol. The molecule has 1 amide bonds. The van der Waals surface area contributed by atoms with Crippen LogP contribution in [0.1, 0.15) is 15.9 Å². The summed E-state index contributed by atoms with van der Waals surface area (Å²) in [5, 5.41) is 2.59. The SMILES string of the molecule is NCCc1ccccc1C(=O)Nc1c(F)cccc1Br. The zero-order valence-electron chi connectivity index (χ0n) is 10.7. The first-order valence-electron chi connectivity index (χ1n) is 6.17. The van der Waals surface area contributed by atoms with E-state index >= 15 is 0 Å². The summed E-state index contributed by atoms with van der Waals surface area (Å²) in [6.45, 7) is 0.452. The lowest BCUT2D eigenvalue weighted by Crippen LogP contribution is -2.17. The number of carbonyl (C=O) groups is 1. The van der Waals surface area contributed by atoms with Gasteiger partial charge in [-0.25, -0.2) is 4.39 Å². The Labute approximate surface area is 125 Å². The number of amides is 1. The van der Waals surface area contributed by atoms with E-state index in [-0.39, 0.29) is 11.6 Å². The highest BCUT2D eigenvalue weighted by molar-refractivity contribution is 9.10. The Morgan fingerprint density at radius 1 is 1.20 bits per heavy atom. The van der Waals surface area contributed by atoms with E-state index in [0.29, 0.717) is 23.0 Å². The smallest absolute Gasteiger partial charge is 0.256 e. The Morgan fingerprint density at radius 3 is 2.65 bits per heavy atom. The molecule has 0 saturated heterocycles. The minimum atomic E-state index is -0.482. The number of hydrogen-bond acceptors (Lipinski definition) is 2. The summed E-state index contributed by atoms with van der Waals surface area (Å²) in [6, 6.07) is 11.7. The lowest BCUT2D eigenvalue weighted by atomic mass is 10.0. The average Bonchev–Trinajstić information content (AvgIpc) is 2.44. The Morgan fingerprint density at radius 2 is 1.95 bits per heavy atom. The normalized spacial score (nSPS) is 10.3. The molecule has 0 aliphatic heterocycles. The quantitative estimate of drug-likeness (QED) is 0.899. The Bertz CT molecular complexity index is 611. The van der Waals surface area contributed by atoms with Gasteiger partial charge in [0.15, 0.2) is 0 Å². The predicted octanol–water partition coefficient (Wildman–Crippen LogP) is 3.34. The second kappa shape index (κ2) is 6.63. The maximum Gasteiger partial charge on any atom is 0.256 e. The molecule has 104 valence electrons. The van der Waals surface area contributed by atoms with Crippen molar-refractivity contribution in [3.63, 3.8) is 0 Å². The van der Waals surface area contributed by atoms with Crippen molar-refractivity contribution in [2.24, 2.45) is 5.73 Å². The lowest BCUT2D eigenvalue weighted by molar-refractivity contribution is 0.102. The van der Waals surface area contributed by atoms with Crippen molar-refractivity contribution in [3.05, 3.63) is 63.9 Å². The van der Waals surface area contributed by atoms with Crippen LogP contribution in [0.15, 0.2) is 46.9 Å². The van der Waals surface area contributed by atoms with Crippen LogP contribution in [-0.4, -0.2) is 12.5 Å². The minimum Gasteiger partial charge on any atom is -0.330 e. The summed E-state index contributed by atoms with van der Waals surface area (Å²) in [6.07, 6.45) is 0.599. The number of nitrogens with one attached hydrogen (secondary N) is 1. The molecule has 0 bridgehead atoms. The number of halogens is 2. The molecule has 0 fully saturated rings. The zero-order valence-corrected chi connectivity index (χ0v) is 12.3. The summed E-state index contributed by atoms with van der Waals surface area (Å²) in [4.78, 5) is 12.3. The van der Waals surface area contributed by atoms with Crippen LogP contribution in [-0.2, 0) is 6.42 Å². The lowest BCUT2D eigenvalue weighted by Gasteiger charge is -2.11. The Hall–Kier alpha value is -1.72. The highest BCUT2D eigenvalue weighted by atomic mass is 79.9. The molecule has 0 saturated carbocycles. The number of hydrogen-bond donors (Lipinski definition) is 2. The highest BCUT2D eigenvalue weighted by Crippen LogP contribution is 2.26. The highest BCUT2D eigenvalue weighted by Gasteiger charge is 2.14. The van der Waals surface area contributed by atoms with E-state index < -0.39 is 5.82 Å². The van der Waals surface area contributed by atoms with E-state index in [0.717, 1.165) is 5.56 Å². The van der Waals surface area contributed by atoms with Crippen molar-refractivity contribution < 1.29 is 9.18 Å². The predicted molar refractivity (Wildman–Crippen MR) is 81.3 cm³/mol. The molecule has 2 aromatic rings. The van der Waals surface area contributed by atoms with Crippen LogP contribution in [0.4, 0.5) is 10.1 Å². The summed E-state index contributed by atoms with van der Waals surface area (Å²) < 4.78 is 14.2. The molecule has 0 spiro atoms. The number of benzene rings is 2. The molecule has 2 rings (SSSR count). The summed E-state index contributed by atoms with van der Waals surface area (Å²) in [7, 11) is 0. The Kier molecular flexibility index (Phi) is 4.87. The molecule has 0 aliphatic carbocycles. The van der Waals surface area contributed by atoms with Crippen molar-refractivity contribution in [2.45, 2.75) is 6.42 Å². The summed E-state index contributed by atoms with van der Waals surface area (Å²) in [5.41, 5.74) is 7.02. The first kappa shape index (κ1) is 14.7. The second-order valence-corrected chi connectivity index (χ2v) is 5.10.